The number of para-hydroxylation sites is 1. The van der Waals surface area contributed by atoms with Crippen LogP contribution in [0.5, 0.6) is 0 Å². The molecule has 3 rings (SSSR count). The lowest BCUT2D eigenvalue weighted by Gasteiger charge is -2.17. The van der Waals surface area contributed by atoms with Crippen LogP contribution >= 0.6 is 0 Å². The van der Waals surface area contributed by atoms with Gasteiger partial charge >= 0.3 is 6.03 Å². The van der Waals surface area contributed by atoms with Crippen LogP contribution in [0.15, 0.2) is 54.6 Å². The summed E-state index contributed by atoms with van der Waals surface area (Å²) in [7, 11) is 0. The minimum absolute atomic E-state index is 0.148. The van der Waals surface area contributed by atoms with Crippen molar-refractivity contribution in [3.63, 3.8) is 0 Å². The molecule has 0 saturated carbocycles. The second kappa shape index (κ2) is 6.48. The van der Waals surface area contributed by atoms with E-state index in [4.69, 9.17) is 0 Å². The van der Waals surface area contributed by atoms with E-state index in [-0.39, 0.29) is 5.91 Å². The summed E-state index contributed by atoms with van der Waals surface area (Å²) in [6, 6.07) is 13.8. The maximum atomic E-state index is 13.1. The van der Waals surface area contributed by atoms with Gasteiger partial charge in [-0.1, -0.05) is 24.3 Å². The molecule has 1 aliphatic rings. The fraction of sp³-hybridized carbons (Fsp3) is 0.176. The standard InChI is InChI=1S/C17H16FN3O2/c18-12-5-4-6-13(11-12)19-17(23)20-15-9-10-21(16(15)22)14-7-2-1-3-8-14/h1-8,11,15H,9-10H2,(H2,19,20,23)/t15-/m0/s1. The lowest BCUT2D eigenvalue weighted by atomic mass is 10.2. The molecule has 3 amide bonds. The first-order chi connectivity index (χ1) is 11.1. The number of anilines is 2. The van der Waals surface area contributed by atoms with E-state index >= 15 is 0 Å². The number of hydrogen-bond acceptors (Lipinski definition) is 2. The highest BCUT2D eigenvalue weighted by atomic mass is 19.1. The van der Waals surface area contributed by atoms with Gasteiger partial charge in [-0.3, -0.25) is 4.79 Å². The minimum Gasteiger partial charge on any atom is -0.326 e. The molecule has 5 nitrogen and oxygen atoms in total. The van der Waals surface area contributed by atoms with Gasteiger partial charge in [0.05, 0.1) is 0 Å². The molecule has 0 radical (unpaired) electrons. The average Bonchev–Trinajstić information content (AvgIpc) is 2.89. The van der Waals surface area contributed by atoms with E-state index in [9.17, 15) is 14.0 Å². The summed E-state index contributed by atoms with van der Waals surface area (Å²) >= 11 is 0. The van der Waals surface area contributed by atoms with Crippen LogP contribution in [0.2, 0.25) is 0 Å². The number of nitrogens with zero attached hydrogens (tertiary/aromatic N) is 1. The number of nitrogens with one attached hydrogen (secondary N) is 2. The Morgan fingerprint density at radius 3 is 2.65 bits per heavy atom. The predicted octanol–water partition coefficient (Wildman–Crippen LogP) is 2.75. The highest BCUT2D eigenvalue weighted by Gasteiger charge is 2.33. The number of amides is 3. The highest BCUT2D eigenvalue weighted by Crippen LogP contribution is 2.21. The molecule has 0 aromatic heterocycles. The zero-order valence-corrected chi connectivity index (χ0v) is 12.3. The molecule has 0 bridgehead atoms. The van der Waals surface area contributed by atoms with Crippen molar-refractivity contribution in [3.8, 4) is 0 Å². The number of rotatable bonds is 3. The highest BCUT2D eigenvalue weighted by molar-refractivity contribution is 6.02. The van der Waals surface area contributed by atoms with Crippen molar-refractivity contribution in [2.75, 3.05) is 16.8 Å². The van der Waals surface area contributed by atoms with Gasteiger partial charge in [0.25, 0.3) is 0 Å². The molecule has 1 atom stereocenters. The predicted molar refractivity (Wildman–Crippen MR) is 85.8 cm³/mol. The molecular formula is C17H16FN3O2. The van der Waals surface area contributed by atoms with E-state index in [0.717, 1.165) is 5.69 Å². The molecule has 1 fully saturated rings. The largest absolute Gasteiger partial charge is 0.326 e. The molecule has 118 valence electrons. The molecule has 2 aromatic carbocycles. The third-order valence-corrected chi connectivity index (χ3v) is 3.66. The molecule has 1 saturated heterocycles. The van der Waals surface area contributed by atoms with E-state index in [0.29, 0.717) is 18.7 Å². The van der Waals surface area contributed by atoms with Gasteiger partial charge in [-0.2, -0.15) is 0 Å². The Balaban J connectivity index is 1.60. The van der Waals surface area contributed by atoms with Crippen molar-refractivity contribution in [1.82, 2.24) is 5.32 Å². The Hall–Kier alpha value is -2.89. The summed E-state index contributed by atoms with van der Waals surface area (Å²) in [5.74, 6) is -0.583. The molecule has 1 heterocycles. The lowest BCUT2D eigenvalue weighted by molar-refractivity contribution is -0.118. The van der Waals surface area contributed by atoms with Crippen LogP contribution in [0.4, 0.5) is 20.6 Å². The summed E-state index contributed by atoms with van der Waals surface area (Å²) in [5.41, 5.74) is 1.15. The van der Waals surface area contributed by atoms with Gasteiger partial charge in [-0.25, -0.2) is 9.18 Å². The Morgan fingerprint density at radius 1 is 1.13 bits per heavy atom. The van der Waals surface area contributed by atoms with E-state index in [1.54, 1.807) is 11.0 Å². The van der Waals surface area contributed by atoms with Gasteiger partial charge in [-0.15, -0.1) is 0 Å². The third kappa shape index (κ3) is 3.48. The fourth-order valence-electron chi connectivity index (χ4n) is 2.57. The Morgan fingerprint density at radius 2 is 1.91 bits per heavy atom. The van der Waals surface area contributed by atoms with Crippen molar-refractivity contribution in [2.45, 2.75) is 12.5 Å². The number of hydrogen-bond donors (Lipinski definition) is 2. The number of carbonyl (C=O) groups excluding carboxylic acids is 2. The maximum Gasteiger partial charge on any atom is 0.319 e. The Labute approximate surface area is 133 Å². The van der Waals surface area contributed by atoms with Crippen molar-refractivity contribution in [3.05, 3.63) is 60.4 Å². The molecule has 0 spiro atoms. The second-order valence-corrected chi connectivity index (χ2v) is 5.28. The zero-order chi connectivity index (χ0) is 16.2. The van der Waals surface area contributed by atoms with Crippen LogP contribution in [-0.2, 0) is 4.79 Å². The quantitative estimate of drug-likeness (QED) is 0.915. The van der Waals surface area contributed by atoms with Crippen LogP contribution in [0.3, 0.4) is 0 Å². The first-order valence-corrected chi connectivity index (χ1v) is 7.33. The Kier molecular flexibility index (Phi) is 4.23. The molecule has 0 aliphatic carbocycles. The molecule has 1 aliphatic heterocycles. The number of urea groups is 1. The monoisotopic (exact) mass is 313 g/mol. The van der Waals surface area contributed by atoms with Crippen molar-refractivity contribution in [1.29, 1.82) is 0 Å². The number of carbonyl (C=O) groups is 2. The molecular weight excluding hydrogens is 297 g/mol. The van der Waals surface area contributed by atoms with Crippen molar-refractivity contribution >= 4 is 23.3 Å². The van der Waals surface area contributed by atoms with E-state index in [1.807, 2.05) is 30.3 Å². The SMILES string of the molecule is O=C(Nc1cccc(F)c1)N[C@H]1CCN(c2ccccc2)C1=O. The van der Waals surface area contributed by atoms with Crippen LogP contribution in [-0.4, -0.2) is 24.5 Å². The van der Waals surface area contributed by atoms with Gasteiger partial charge in [0.1, 0.15) is 11.9 Å². The van der Waals surface area contributed by atoms with E-state index < -0.39 is 17.9 Å². The van der Waals surface area contributed by atoms with E-state index in [1.165, 1.54) is 18.2 Å². The first-order valence-electron chi connectivity index (χ1n) is 7.33. The van der Waals surface area contributed by atoms with Gasteiger partial charge in [0, 0.05) is 17.9 Å². The van der Waals surface area contributed by atoms with Gasteiger partial charge in [-0.05, 0) is 36.8 Å². The minimum atomic E-state index is -0.580. The normalized spacial score (nSPS) is 17.2. The third-order valence-electron chi connectivity index (χ3n) is 3.66. The number of benzene rings is 2. The zero-order valence-electron chi connectivity index (χ0n) is 12.3. The smallest absolute Gasteiger partial charge is 0.319 e. The average molecular weight is 313 g/mol. The molecule has 6 heteroatoms. The molecule has 0 unspecified atom stereocenters. The van der Waals surface area contributed by atoms with Crippen LogP contribution in [0.25, 0.3) is 0 Å². The lowest BCUT2D eigenvalue weighted by Crippen LogP contribution is -2.43. The van der Waals surface area contributed by atoms with Gasteiger partial charge in [0.2, 0.25) is 5.91 Å². The van der Waals surface area contributed by atoms with Crippen LogP contribution in [0.1, 0.15) is 6.42 Å². The van der Waals surface area contributed by atoms with E-state index in [2.05, 4.69) is 10.6 Å². The van der Waals surface area contributed by atoms with Crippen LogP contribution in [0, 0.1) is 5.82 Å². The van der Waals surface area contributed by atoms with Crippen LogP contribution < -0.4 is 15.5 Å². The summed E-state index contributed by atoms with van der Waals surface area (Å²) < 4.78 is 13.1. The summed E-state index contributed by atoms with van der Waals surface area (Å²) in [6.45, 7) is 0.549. The molecule has 2 N–H and O–H groups in total. The molecule has 2 aromatic rings. The molecule has 23 heavy (non-hydrogen) atoms. The summed E-state index contributed by atoms with van der Waals surface area (Å²) in [6.07, 6.45) is 0.532. The van der Waals surface area contributed by atoms with Crippen molar-refractivity contribution < 1.29 is 14.0 Å². The Bertz CT molecular complexity index is 721. The summed E-state index contributed by atoms with van der Waals surface area (Å²) in [5, 5.41) is 5.16. The summed E-state index contributed by atoms with van der Waals surface area (Å²) in [4.78, 5) is 26.0. The fourth-order valence-corrected chi connectivity index (χ4v) is 2.57. The maximum absolute atomic E-state index is 13.1. The first kappa shape index (κ1) is 15.0. The number of halogens is 1. The topological polar surface area (TPSA) is 61.4 Å². The second-order valence-electron chi connectivity index (χ2n) is 5.28. The van der Waals surface area contributed by atoms with Crippen molar-refractivity contribution in [2.24, 2.45) is 0 Å². The van der Waals surface area contributed by atoms with Gasteiger partial charge in [0.15, 0.2) is 0 Å². The van der Waals surface area contributed by atoms with Gasteiger partial charge < -0.3 is 15.5 Å².